The third-order valence-electron chi connectivity index (χ3n) is 3.78. The molecule has 1 aliphatic carbocycles. The lowest BCUT2D eigenvalue weighted by Crippen LogP contribution is -2.44. The predicted molar refractivity (Wildman–Crippen MR) is 67.9 cm³/mol. The first kappa shape index (κ1) is 13.9. The van der Waals surface area contributed by atoms with E-state index in [2.05, 4.69) is 19.3 Å². The van der Waals surface area contributed by atoms with Gasteiger partial charge in [-0.1, -0.05) is 13.8 Å². The molecule has 1 aliphatic rings. The van der Waals surface area contributed by atoms with Crippen molar-refractivity contribution in [2.24, 2.45) is 23.6 Å². The van der Waals surface area contributed by atoms with Gasteiger partial charge in [0.15, 0.2) is 0 Å². The minimum atomic E-state index is 0.428. The summed E-state index contributed by atoms with van der Waals surface area (Å²) >= 11 is 0. The van der Waals surface area contributed by atoms with E-state index in [9.17, 15) is 0 Å². The fraction of sp³-hybridized carbons (Fsp3) is 1.00. The molecule has 0 aromatic carbocycles. The van der Waals surface area contributed by atoms with Crippen LogP contribution in [0.1, 0.15) is 46.5 Å². The van der Waals surface area contributed by atoms with Crippen LogP contribution >= 0.6 is 0 Å². The molecule has 3 atom stereocenters. The summed E-state index contributed by atoms with van der Waals surface area (Å²) in [7, 11) is 0. The van der Waals surface area contributed by atoms with E-state index in [0.717, 1.165) is 37.4 Å². The molecule has 1 rings (SSSR count). The SMILES string of the molecule is CCOCCC(NN)C1CC(C)CC(C)C1. The molecule has 96 valence electrons. The van der Waals surface area contributed by atoms with Crippen LogP contribution in [0.2, 0.25) is 0 Å². The summed E-state index contributed by atoms with van der Waals surface area (Å²) in [4.78, 5) is 0. The third kappa shape index (κ3) is 4.40. The van der Waals surface area contributed by atoms with E-state index in [1.54, 1.807) is 0 Å². The summed E-state index contributed by atoms with van der Waals surface area (Å²) in [5.74, 6) is 8.09. The first-order valence-corrected chi connectivity index (χ1v) is 6.71. The molecule has 0 aromatic heterocycles. The van der Waals surface area contributed by atoms with Crippen LogP contribution in [0.25, 0.3) is 0 Å². The summed E-state index contributed by atoms with van der Waals surface area (Å²) in [5.41, 5.74) is 2.99. The molecular formula is C13H28N2O. The molecule has 1 fully saturated rings. The number of nitrogens with one attached hydrogen (secondary N) is 1. The quantitative estimate of drug-likeness (QED) is 0.417. The van der Waals surface area contributed by atoms with E-state index in [0.29, 0.717) is 6.04 Å². The van der Waals surface area contributed by atoms with Crippen molar-refractivity contribution in [3.8, 4) is 0 Å². The molecule has 3 N–H and O–H groups in total. The number of nitrogens with two attached hydrogens (primary N) is 1. The van der Waals surface area contributed by atoms with E-state index >= 15 is 0 Å². The Morgan fingerprint density at radius 2 is 1.88 bits per heavy atom. The van der Waals surface area contributed by atoms with Crippen molar-refractivity contribution in [1.29, 1.82) is 0 Å². The fourth-order valence-electron chi connectivity index (χ4n) is 3.15. The standard InChI is InChI=1S/C13H28N2O/c1-4-16-6-5-13(15-14)12-8-10(2)7-11(3)9-12/h10-13,15H,4-9,14H2,1-3H3. The number of ether oxygens (including phenoxy) is 1. The molecule has 3 unspecified atom stereocenters. The molecule has 0 spiro atoms. The summed E-state index contributed by atoms with van der Waals surface area (Å²) in [6.07, 6.45) is 5.03. The van der Waals surface area contributed by atoms with Crippen molar-refractivity contribution in [1.82, 2.24) is 5.43 Å². The Labute approximate surface area is 100 Å². The van der Waals surface area contributed by atoms with Gasteiger partial charge in [-0.15, -0.1) is 0 Å². The van der Waals surface area contributed by atoms with Crippen molar-refractivity contribution in [2.75, 3.05) is 13.2 Å². The van der Waals surface area contributed by atoms with Crippen LogP contribution in [0.4, 0.5) is 0 Å². The van der Waals surface area contributed by atoms with Gasteiger partial charge in [0.05, 0.1) is 0 Å². The Hall–Kier alpha value is -0.120. The van der Waals surface area contributed by atoms with E-state index in [-0.39, 0.29) is 0 Å². The zero-order valence-electron chi connectivity index (χ0n) is 11.0. The maximum atomic E-state index is 5.67. The van der Waals surface area contributed by atoms with Gasteiger partial charge in [0.1, 0.15) is 0 Å². The van der Waals surface area contributed by atoms with Crippen LogP contribution in [-0.2, 0) is 4.74 Å². The Morgan fingerprint density at radius 1 is 1.25 bits per heavy atom. The molecule has 3 nitrogen and oxygen atoms in total. The molecule has 0 amide bonds. The minimum absolute atomic E-state index is 0.428. The van der Waals surface area contributed by atoms with Gasteiger partial charge in [0.25, 0.3) is 0 Å². The molecule has 0 aromatic rings. The highest BCUT2D eigenvalue weighted by molar-refractivity contribution is 4.82. The number of hydrogen-bond donors (Lipinski definition) is 2. The van der Waals surface area contributed by atoms with E-state index in [1.165, 1.54) is 19.3 Å². The van der Waals surface area contributed by atoms with E-state index in [1.807, 2.05) is 6.92 Å². The molecule has 0 radical (unpaired) electrons. The predicted octanol–water partition coefficient (Wildman–Crippen LogP) is 2.32. The van der Waals surface area contributed by atoms with Crippen molar-refractivity contribution in [3.63, 3.8) is 0 Å². The van der Waals surface area contributed by atoms with Gasteiger partial charge in [-0.25, -0.2) is 0 Å². The average molecular weight is 228 g/mol. The Balaban J connectivity index is 2.38. The van der Waals surface area contributed by atoms with Gasteiger partial charge in [-0.05, 0) is 50.4 Å². The lowest BCUT2D eigenvalue weighted by Gasteiger charge is -2.36. The van der Waals surface area contributed by atoms with Gasteiger partial charge < -0.3 is 4.74 Å². The molecule has 16 heavy (non-hydrogen) atoms. The summed E-state index contributed by atoms with van der Waals surface area (Å²) in [5, 5.41) is 0. The van der Waals surface area contributed by atoms with Gasteiger partial charge >= 0.3 is 0 Å². The van der Waals surface area contributed by atoms with Crippen LogP contribution in [0.5, 0.6) is 0 Å². The number of hydrazine groups is 1. The Bertz CT molecular complexity index is 177. The number of hydrogen-bond acceptors (Lipinski definition) is 3. The van der Waals surface area contributed by atoms with Crippen LogP contribution in [0.15, 0.2) is 0 Å². The fourth-order valence-corrected chi connectivity index (χ4v) is 3.15. The highest BCUT2D eigenvalue weighted by Crippen LogP contribution is 2.35. The largest absolute Gasteiger partial charge is 0.382 e. The number of rotatable bonds is 6. The average Bonchev–Trinajstić information content (AvgIpc) is 2.23. The third-order valence-corrected chi connectivity index (χ3v) is 3.78. The highest BCUT2D eigenvalue weighted by atomic mass is 16.5. The van der Waals surface area contributed by atoms with Crippen LogP contribution < -0.4 is 11.3 Å². The lowest BCUT2D eigenvalue weighted by atomic mass is 9.73. The maximum absolute atomic E-state index is 5.67. The van der Waals surface area contributed by atoms with E-state index < -0.39 is 0 Å². The van der Waals surface area contributed by atoms with Gasteiger partial charge in [-0.2, -0.15) is 0 Å². The smallest absolute Gasteiger partial charge is 0.0481 e. The topological polar surface area (TPSA) is 47.3 Å². The molecule has 0 bridgehead atoms. The van der Waals surface area contributed by atoms with Gasteiger partial charge in [-0.3, -0.25) is 11.3 Å². The van der Waals surface area contributed by atoms with Crippen LogP contribution in [0, 0.1) is 17.8 Å². The lowest BCUT2D eigenvalue weighted by molar-refractivity contribution is 0.110. The molecule has 0 saturated heterocycles. The second-order valence-electron chi connectivity index (χ2n) is 5.44. The normalized spacial score (nSPS) is 32.6. The van der Waals surface area contributed by atoms with Crippen LogP contribution in [0.3, 0.4) is 0 Å². The van der Waals surface area contributed by atoms with E-state index in [4.69, 9.17) is 10.6 Å². The van der Waals surface area contributed by atoms with Gasteiger partial charge in [0.2, 0.25) is 0 Å². The summed E-state index contributed by atoms with van der Waals surface area (Å²) < 4.78 is 5.41. The molecule has 3 heteroatoms. The molecule has 0 heterocycles. The van der Waals surface area contributed by atoms with Crippen molar-refractivity contribution < 1.29 is 4.74 Å². The molecule has 0 aliphatic heterocycles. The first-order chi connectivity index (χ1) is 7.67. The first-order valence-electron chi connectivity index (χ1n) is 6.71. The highest BCUT2D eigenvalue weighted by Gasteiger charge is 2.29. The zero-order valence-corrected chi connectivity index (χ0v) is 11.0. The Kier molecular flexibility index (Phi) is 6.32. The Morgan fingerprint density at radius 3 is 2.38 bits per heavy atom. The molecule has 1 saturated carbocycles. The second kappa shape index (κ2) is 7.25. The van der Waals surface area contributed by atoms with Crippen molar-refractivity contribution >= 4 is 0 Å². The monoisotopic (exact) mass is 228 g/mol. The second-order valence-corrected chi connectivity index (χ2v) is 5.44. The zero-order chi connectivity index (χ0) is 12.0. The summed E-state index contributed by atoms with van der Waals surface area (Å²) in [6, 6.07) is 0.428. The summed E-state index contributed by atoms with van der Waals surface area (Å²) in [6.45, 7) is 8.38. The minimum Gasteiger partial charge on any atom is -0.382 e. The van der Waals surface area contributed by atoms with Gasteiger partial charge in [0, 0.05) is 19.3 Å². The maximum Gasteiger partial charge on any atom is 0.0481 e. The molecular weight excluding hydrogens is 200 g/mol. The van der Waals surface area contributed by atoms with Crippen LogP contribution in [-0.4, -0.2) is 19.3 Å². The van der Waals surface area contributed by atoms with Crippen molar-refractivity contribution in [3.05, 3.63) is 0 Å². The van der Waals surface area contributed by atoms with Crippen molar-refractivity contribution in [2.45, 2.75) is 52.5 Å².